The summed E-state index contributed by atoms with van der Waals surface area (Å²) in [5.74, 6) is -0.159. The Morgan fingerprint density at radius 3 is 2.50 bits per heavy atom. The summed E-state index contributed by atoms with van der Waals surface area (Å²) in [7, 11) is 0. The molecule has 0 aromatic heterocycles. The molecular weight excluding hydrogens is 319 g/mol. The summed E-state index contributed by atoms with van der Waals surface area (Å²) in [6, 6.07) is 5.15. The van der Waals surface area contributed by atoms with Crippen LogP contribution in [0.3, 0.4) is 0 Å². The van der Waals surface area contributed by atoms with Crippen molar-refractivity contribution in [3.63, 3.8) is 0 Å². The molecule has 1 aromatic rings. The zero-order valence-electron chi connectivity index (χ0n) is 11.9. The molecule has 0 radical (unpaired) electrons. The summed E-state index contributed by atoms with van der Waals surface area (Å²) in [4.78, 5) is 12.1. The summed E-state index contributed by atoms with van der Waals surface area (Å²) in [5, 5.41) is 3.88. The van der Waals surface area contributed by atoms with Gasteiger partial charge >= 0.3 is 0 Å². The Balaban J connectivity index is 0.00000361. The monoisotopic (exact) mass is 338 g/mol. The van der Waals surface area contributed by atoms with Gasteiger partial charge in [-0.25, -0.2) is 0 Å². The van der Waals surface area contributed by atoms with Gasteiger partial charge in [-0.1, -0.05) is 42.6 Å². The fourth-order valence-corrected chi connectivity index (χ4v) is 2.17. The van der Waals surface area contributed by atoms with Crippen LogP contribution in [0.5, 0.6) is 0 Å². The van der Waals surface area contributed by atoms with Gasteiger partial charge in [-0.15, -0.1) is 12.4 Å². The lowest BCUT2D eigenvalue weighted by atomic mass is 9.95. The Morgan fingerprint density at radius 1 is 1.40 bits per heavy atom. The number of benzene rings is 1. The summed E-state index contributed by atoms with van der Waals surface area (Å²) in [6.07, 6.45) is 1.51. The third-order valence-electron chi connectivity index (χ3n) is 3.08. The van der Waals surface area contributed by atoms with E-state index in [4.69, 9.17) is 28.9 Å². The Hall–Kier alpha value is -0.480. The molecule has 0 spiro atoms. The molecular formula is C14H21Cl3N2O. The van der Waals surface area contributed by atoms with Gasteiger partial charge in [0.25, 0.3) is 0 Å². The van der Waals surface area contributed by atoms with Gasteiger partial charge in [0.1, 0.15) is 0 Å². The zero-order valence-corrected chi connectivity index (χ0v) is 14.2. The molecule has 6 heteroatoms. The van der Waals surface area contributed by atoms with Gasteiger partial charge < -0.3 is 11.1 Å². The minimum Gasteiger partial charge on any atom is -0.348 e. The van der Waals surface area contributed by atoms with E-state index in [0.717, 1.165) is 12.0 Å². The third kappa shape index (κ3) is 5.13. The first-order valence-electron chi connectivity index (χ1n) is 6.32. The van der Waals surface area contributed by atoms with Crippen molar-refractivity contribution in [3.8, 4) is 0 Å². The Labute approximate surface area is 136 Å². The normalized spacial score (nSPS) is 14.9. The van der Waals surface area contributed by atoms with E-state index in [0.29, 0.717) is 16.5 Å². The average Bonchev–Trinajstić information content (AvgIpc) is 2.32. The van der Waals surface area contributed by atoms with E-state index in [9.17, 15) is 4.79 Å². The molecule has 0 aliphatic rings. The molecule has 2 atom stereocenters. The van der Waals surface area contributed by atoms with Gasteiger partial charge in [-0.2, -0.15) is 0 Å². The maximum Gasteiger partial charge on any atom is 0.240 e. The van der Waals surface area contributed by atoms with E-state index in [-0.39, 0.29) is 24.4 Å². The molecule has 114 valence electrons. The van der Waals surface area contributed by atoms with Crippen LogP contribution < -0.4 is 11.1 Å². The first-order valence-corrected chi connectivity index (χ1v) is 7.08. The highest BCUT2D eigenvalue weighted by atomic mass is 35.5. The quantitative estimate of drug-likeness (QED) is 0.848. The lowest BCUT2D eigenvalue weighted by molar-refractivity contribution is -0.126. The van der Waals surface area contributed by atoms with Crippen LogP contribution in [-0.4, -0.2) is 11.4 Å². The van der Waals surface area contributed by atoms with E-state index < -0.39 is 5.54 Å². The number of hydrogen-bond donors (Lipinski definition) is 2. The average molecular weight is 340 g/mol. The van der Waals surface area contributed by atoms with Crippen molar-refractivity contribution in [3.05, 3.63) is 33.8 Å². The number of halogens is 3. The zero-order chi connectivity index (χ0) is 14.6. The molecule has 1 aromatic carbocycles. The lowest BCUT2D eigenvalue weighted by Crippen LogP contribution is -2.52. The molecule has 0 saturated carbocycles. The number of nitrogens with one attached hydrogen (secondary N) is 1. The van der Waals surface area contributed by atoms with Crippen molar-refractivity contribution >= 4 is 41.5 Å². The van der Waals surface area contributed by atoms with Crippen molar-refractivity contribution in [1.29, 1.82) is 0 Å². The van der Waals surface area contributed by atoms with Gasteiger partial charge in [0, 0.05) is 0 Å². The second kappa shape index (κ2) is 8.08. The molecule has 1 amide bonds. The fraction of sp³-hybridized carbons (Fsp3) is 0.500. The number of nitrogens with two attached hydrogens (primary N) is 1. The number of carbonyl (C=O) groups excluding carboxylic acids is 1. The molecule has 3 nitrogen and oxygen atoms in total. The largest absolute Gasteiger partial charge is 0.348 e. The fourth-order valence-electron chi connectivity index (χ4n) is 1.86. The van der Waals surface area contributed by atoms with Crippen molar-refractivity contribution < 1.29 is 4.79 Å². The molecule has 0 bridgehead atoms. The van der Waals surface area contributed by atoms with Crippen molar-refractivity contribution in [2.45, 2.75) is 45.2 Å². The molecule has 0 fully saturated rings. The summed E-state index contributed by atoms with van der Waals surface area (Å²) in [5.41, 5.74) is 6.04. The first-order chi connectivity index (χ1) is 8.77. The molecule has 20 heavy (non-hydrogen) atoms. The van der Waals surface area contributed by atoms with Crippen LogP contribution in [-0.2, 0) is 4.79 Å². The van der Waals surface area contributed by atoms with Crippen LogP contribution in [0.4, 0.5) is 0 Å². The Bertz CT molecular complexity index is 464. The first kappa shape index (κ1) is 19.5. The topological polar surface area (TPSA) is 55.1 Å². The minimum atomic E-state index is -0.848. The van der Waals surface area contributed by atoms with Crippen LogP contribution in [0.2, 0.25) is 10.0 Å². The molecule has 2 unspecified atom stereocenters. The van der Waals surface area contributed by atoms with Gasteiger partial charge in [-0.05, 0) is 38.0 Å². The maximum atomic E-state index is 12.1. The third-order valence-corrected chi connectivity index (χ3v) is 3.82. The molecule has 0 heterocycles. The molecule has 0 aliphatic heterocycles. The van der Waals surface area contributed by atoms with E-state index in [1.807, 2.05) is 19.9 Å². The summed E-state index contributed by atoms with van der Waals surface area (Å²) < 4.78 is 0. The van der Waals surface area contributed by atoms with E-state index in [1.54, 1.807) is 19.1 Å². The standard InChI is InChI=1S/C14H20Cl2N2O.ClH/c1-4-7-14(3,17)13(19)18-9(2)10-5-6-11(15)12(16)8-10;/h5-6,8-9H,4,7,17H2,1-3H3,(H,18,19);1H. The van der Waals surface area contributed by atoms with Gasteiger partial charge in [0.15, 0.2) is 0 Å². The summed E-state index contributed by atoms with van der Waals surface area (Å²) >= 11 is 11.8. The van der Waals surface area contributed by atoms with Crippen LogP contribution in [0.25, 0.3) is 0 Å². The predicted octanol–water partition coefficient (Wildman–Crippen LogP) is 4.11. The van der Waals surface area contributed by atoms with E-state index in [1.165, 1.54) is 0 Å². The highest BCUT2D eigenvalue weighted by Gasteiger charge is 2.28. The van der Waals surface area contributed by atoms with Gasteiger partial charge in [0.05, 0.1) is 21.6 Å². The van der Waals surface area contributed by atoms with Crippen LogP contribution in [0.15, 0.2) is 18.2 Å². The number of hydrogen-bond acceptors (Lipinski definition) is 2. The van der Waals surface area contributed by atoms with E-state index >= 15 is 0 Å². The van der Waals surface area contributed by atoms with Crippen LogP contribution >= 0.6 is 35.6 Å². The lowest BCUT2D eigenvalue weighted by Gasteiger charge is -2.25. The number of rotatable bonds is 5. The molecule has 0 aliphatic carbocycles. The SMILES string of the molecule is CCCC(C)(N)C(=O)NC(C)c1ccc(Cl)c(Cl)c1.Cl. The molecule has 0 saturated heterocycles. The van der Waals surface area contributed by atoms with Gasteiger partial charge in [-0.3, -0.25) is 4.79 Å². The highest BCUT2D eigenvalue weighted by Crippen LogP contribution is 2.25. The second-order valence-corrected chi connectivity index (χ2v) is 5.85. The Kier molecular flexibility index (Phi) is 7.89. The van der Waals surface area contributed by atoms with Gasteiger partial charge in [0.2, 0.25) is 5.91 Å². The highest BCUT2D eigenvalue weighted by molar-refractivity contribution is 6.42. The minimum absolute atomic E-state index is 0. The van der Waals surface area contributed by atoms with Crippen LogP contribution in [0, 0.1) is 0 Å². The van der Waals surface area contributed by atoms with E-state index in [2.05, 4.69) is 5.32 Å². The predicted molar refractivity (Wildman–Crippen MR) is 87.8 cm³/mol. The van der Waals surface area contributed by atoms with Crippen molar-refractivity contribution in [1.82, 2.24) is 5.32 Å². The van der Waals surface area contributed by atoms with Crippen molar-refractivity contribution in [2.24, 2.45) is 5.73 Å². The van der Waals surface area contributed by atoms with Crippen LogP contribution in [0.1, 0.15) is 45.2 Å². The summed E-state index contributed by atoms with van der Waals surface area (Å²) in [6.45, 7) is 5.63. The molecule has 1 rings (SSSR count). The molecule has 3 N–H and O–H groups in total. The van der Waals surface area contributed by atoms with Crippen molar-refractivity contribution in [2.75, 3.05) is 0 Å². The Morgan fingerprint density at radius 2 is 2.00 bits per heavy atom. The second-order valence-electron chi connectivity index (χ2n) is 5.04. The maximum absolute atomic E-state index is 12.1. The number of amides is 1. The smallest absolute Gasteiger partial charge is 0.240 e. The number of carbonyl (C=O) groups is 1.